The van der Waals surface area contributed by atoms with Crippen LogP contribution in [0.25, 0.3) is 0 Å². The molecule has 1 aromatic carbocycles. The summed E-state index contributed by atoms with van der Waals surface area (Å²) in [5.74, 6) is 0.501. The molecular formula is C14H21BrFN3O. The first kappa shape index (κ1) is 16.9. The fourth-order valence-corrected chi connectivity index (χ4v) is 2.05. The SMILES string of the molecule is CCOCCNC(=NC)NCCc1ccc(F)c(Br)c1. The summed E-state index contributed by atoms with van der Waals surface area (Å²) >= 11 is 3.18. The average molecular weight is 346 g/mol. The maximum atomic E-state index is 13.1. The van der Waals surface area contributed by atoms with Crippen molar-refractivity contribution in [3.05, 3.63) is 34.1 Å². The summed E-state index contributed by atoms with van der Waals surface area (Å²) in [6.07, 6.45) is 0.797. The van der Waals surface area contributed by atoms with Gasteiger partial charge in [-0.25, -0.2) is 4.39 Å². The van der Waals surface area contributed by atoms with E-state index in [0.717, 1.165) is 31.0 Å². The van der Waals surface area contributed by atoms with Crippen LogP contribution in [-0.2, 0) is 11.2 Å². The minimum atomic E-state index is -0.241. The van der Waals surface area contributed by atoms with Gasteiger partial charge in [-0.3, -0.25) is 4.99 Å². The lowest BCUT2D eigenvalue weighted by Gasteiger charge is -2.12. The summed E-state index contributed by atoms with van der Waals surface area (Å²) in [5.41, 5.74) is 1.07. The van der Waals surface area contributed by atoms with Crippen LogP contribution in [0.5, 0.6) is 0 Å². The zero-order valence-electron chi connectivity index (χ0n) is 11.9. The normalized spacial score (nSPS) is 11.5. The van der Waals surface area contributed by atoms with E-state index in [1.54, 1.807) is 19.2 Å². The molecule has 0 amide bonds. The van der Waals surface area contributed by atoms with Gasteiger partial charge in [0, 0.05) is 26.7 Å². The van der Waals surface area contributed by atoms with E-state index in [-0.39, 0.29) is 5.82 Å². The number of halogens is 2. The Hall–Kier alpha value is -1.14. The fraction of sp³-hybridized carbons (Fsp3) is 0.500. The van der Waals surface area contributed by atoms with Crippen LogP contribution in [0.4, 0.5) is 4.39 Å². The van der Waals surface area contributed by atoms with Gasteiger partial charge < -0.3 is 15.4 Å². The van der Waals surface area contributed by atoms with E-state index in [9.17, 15) is 4.39 Å². The molecule has 0 radical (unpaired) electrons. The van der Waals surface area contributed by atoms with Gasteiger partial charge in [0.25, 0.3) is 0 Å². The first-order valence-electron chi connectivity index (χ1n) is 6.63. The monoisotopic (exact) mass is 345 g/mol. The summed E-state index contributed by atoms with van der Waals surface area (Å²) in [4.78, 5) is 4.12. The number of hydrogen-bond acceptors (Lipinski definition) is 2. The number of nitrogens with one attached hydrogen (secondary N) is 2. The van der Waals surface area contributed by atoms with Crippen LogP contribution in [0.3, 0.4) is 0 Å². The van der Waals surface area contributed by atoms with Gasteiger partial charge in [-0.1, -0.05) is 6.07 Å². The summed E-state index contributed by atoms with van der Waals surface area (Å²) in [6, 6.07) is 5.05. The van der Waals surface area contributed by atoms with Gasteiger partial charge >= 0.3 is 0 Å². The van der Waals surface area contributed by atoms with Gasteiger partial charge in [-0.2, -0.15) is 0 Å². The van der Waals surface area contributed by atoms with Crippen LogP contribution < -0.4 is 10.6 Å². The third-order valence-electron chi connectivity index (χ3n) is 2.66. The lowest BCUT2D eigenvalue weighted by molar-refractivity contribution is 0.152. The zero-order valence-corrected chi connectivity index (χ0v) is 13.5. The molecule has 112 valence electrons. The van der Waals surface area contributed by atoms with Crippen molar-refractivity contribution in [2.75, 3.05) is 33.4 Å². The van der Waals surface area contributed by atoms with Crippen molar-refractivity contribution in [1.82, 2.24) is 10.6 Å². The largest absolute Gasteiger partial charge is 0.380 e. The Bertz CT molecular complexity index is 440. The molecule has 0 heterocycles. The quantitative estimate of drug-likeness (QED) is 0.453. The maximum absolute atomic E-state index is 13.1. The third-order valence-corrected chi connectivity index (χ3v) is 3.26. The van der Waals surface area contributed by atoms with Crippen LogP contribution in [-0.4, -0.2) is 39.3 Å². The van der Waals surface area contributed by atoms with E-state index in [1.165, 1.54) is 6.07 Å². The molecule has 0 bridgehead atoms. The molecule has 0 atom stereocenters. The molecule has 0 unspecified atom stereocenters. The van der Waals surface area contributed by atoms with Crippen molar-refractivity contribution in [1.29, 1.82) is 0 Å². The fourth-order valence-electron chi connectivity index (χ4n) is 1.63. The highest BCUT2D eigenvalue weighted by Gasteiger charge is 2.01. The van der Waals surface area contributed by atoms with E-state index in [4.69, 9.17) is 4.74 Å². The molecule has 1 aromatic rings. The van der Waals surface area contributed by atoms with Crippen LogP contribution in [0, 0.1) is 5.82 Å². The molecule has 0 spiro atoms. The van der Waals surface area contributed by atoms with E-state index in [2.05, 4.69) is 31.6 Å². The predicted molar refractivity (Wildman–Crippen MR) is 83.7 cm³/mol. The molecule has 6 heteroatoms. The lowest BCUT2D eigenvalue weighted by Crippen LogP contribution is -2.39. The van der Waals surface area contributed by atoms with E-state index >= 15 is 0 Å². The summed E-state index contributed by atoms with van der Waals surface area (Å²) in [6.45, 7) is 4.78. The first-order valence-corrected chi connectivity index (χ1v) is 7.42. The Morgan fingerprint density at radius 1 is 1.35 bits per heavy atom. The third kappa shape index (κ3) is 6.34. The summed E-state index contributed by atoms with van der Waals surface area (Å²) < 4.78 is 18.8. The molecule has 0 aliphatic rings. The van der Waals surface area contributed by atoms with Crippen LogP contribution in [0.2, 0.25) is 0 Å². The second-order valence-electron chi connectivity index (χ2n) is 4.12. The Labute approximate surface area is 127 Å². The summed E-state index contributed by atoms with van der Waals surface area (Å²) in [5, 5.41) is 6.36. The topological polar surface area (TPSA) is 45.6 Å². The number of guanidine groups is 1. The van der Waals surface area contributed by atoms with Gasteiger partial charge in [0.2, 0.25) is 0 Å². The van der Waals surface area contributed by atoms with Gasteiger partial charge in [0.1, 0.15) is 5.82 Å². The van der Waals surface area contributed by atoms with Crippen molar-refractivity contribution >= 4 is 21.9 Å². The number of aliphatic imine (C=N–C) groups is 1. The second-order valence-corrected chi connectivity index (χ2v) is 4.98. The molecule has 0 aliphatic heterocycles. The average Bonchev–Trinajstić information content (AvgIpc) is 2.45. The molecule has 0 aromatic heterocycles. The van der Waals surface area contributed by atoms with Gasteiger partial charge in [0.15, 0.2) is 5.96 Å². The minimum absolute atomic E-state index is 0.241. The van der Waals surface area contributed by atoms with E-state index < -0.39 is 0 Å². The Morgan fingerprint density at radius 3 is 2.75 bits per heavy atom. The highest BCUT2D eigenvalue weighted by atomic mass is 79.9. The molecule has 4 nitrogen and oxygen atoms in total. The maximum Gasteiger partial charge on any atom is 0.191 e. The number of hydrogen-bond donors (Lipinski definition) is 2. The molecule has 0 saturated carbocycles. The van der Waals surface area contributed by atoms with Crippen molar-refractivity contribution < 1.29 is 9.13 Å². The molecule has 0 fully saturated rings. The Kier molecular flexibility index (Phi) is 8.22. The summed E-state index contributed by atoms with van der Waals surface area (Å²) in [7, 11) is 1.73. The van der Waals surface area contributed by atoms with Gasteiger partial charge in [0.05, 0.1) is 11.1 Å². The van der Waals surface area contributed by atoms with E-state index in [1.807, 2.05) is 6.92 Å². The highest BCUT2D eigenvalue weighted by Crippen LogP contribution is 2.16. The first-order chi connectivity index (χ1) is 9.67. The highest BCUT2D eigenvalue weighted by molar-refractivity contribution is 9.10. The number of benzene rings is 1. The number of ether oxygens (including phenoxy) is 1. The molecule has 1 rings (SSSR count). The van der Waals surface area contributed by atoms with Crippen molar-refractivity contribution in [3.63, 3.8) is 0 Å². The Morgan fingerprint density at radius 2 is 2.10 bits per heavy atom. The van der Waals surface area contributed by atoms with Gasteiger partial charge in [-0.15, -0.1) is 0 Å². The standard InChI is InChI=1S/C14H21BrFN3O/c1-3-20-9-8-19-14(17-2)18-7-6-11-4-5-13(16)12(15)10-11/h4-5,10H,3,6-9H2,1-2H3,(H2,17,18,19). The van der Waals surface area contributed by atoms with Crippen LogP contribution in [0.15, 0.2) is 27.7 Å². The number of nitrogens with zero attached hydrogens (tertiary/aromatic N) is 1. The zero-order chi connectivity index (χ0) is 14.8. The van der Waals surface area contributed by atoms with E-state index in [0.29, 0.717) is 17.7 Å². The smallest absolute Gasteiger partial charge is 0.191 e. The van der Waals surface area contributed by atoms with Crippen molar-refractivity contribution in [3.8, 4) is 0 Å². The molecule has 20 heavy (non-hydrogen) atoms. The predicted octanol–water partition coefficient (Wildman–Crippen LogP) is 2.33. The second kappa shape index (κ2) is 9.72. The van der Waals surface area contributed by atoms with Gasteiger partial charge in [-0.05, 0) is 47.0 Å². The Balaban J connectivity index is 2.29. The van der Waals surface area contributed by atoms with Crippen molar-refractivity contribution in [2.45, 2.75) is 13.3 Å². The lowest BCUT2D eigenvalue weighted by atomic mass is 10.1. The van der Waals surface area contributed by atoms with Crippen LogP contribution >= 0.6 is 15.9 Å². The number of rotatable bonds is 7. The molecular weight excluding hydrogens is 325 g/mol. The van der Waals surface area contributed by atoms with Crippen molar-refractivity contribution in [2.24, 2.45) is 4.99 Å². The minimum Gasteiger partial charge on any atom is -0.380 e. The molecule has 0 saturated heterocycles. The van der Waals surface area contributed by atoms with Crippen LogP contribution in [0.1, 0.15) is 12.5 Å². The molecule has 0 aliphatic carbocycles. The molecule has 2 N–H and O–H groups in total.